The molecule has 31 heavy (non-hydrogen) atoms. The number of nitrogens with one attached hydrogen (secondary N) is 1. The van der Waals surface area contributed by atoms with Crippen molar-refractivity contribution in [2.75, 3.05) is 29.6 Å². The summed E-state index contributed by atoms with van der Waals surface area (Å²) in [5, 5.41) is 16.5. The fourth-order valence-electron chi connectivity index (χ4n) is 3.97. The Morgan fingerprint density at radius 2 is 1.84 bits per heavy atom. The van der Waals surface area contributed by atoms with Crippen molar-refractivity contribution in [2.45, 2.75) is 44.4 Å². The number of nitrogens with zero attached hydrogens (tertiary/aromatic N) is 5. The number of aryl methyl sites for hydroxylation is 1. The maximum absolute atomic E-state index is 12.5. The van der Waals surface area contributed by atoms with Crippen molar-refractivity contribution in [1.82, 2.24) is 20.0 Å². The zero-order valence-electron chi connectivity index (χ0n) is 18.3. The van der Waals surface area contributed by atoms with Crippen LogP contribution in [0.3, 0.4) is 0 Å². The smallest absolute Gasteiger partial charge is 0.224 e. The molecule has 2 aromatic heterocycles. The molecule has 3 aromatic rings. The number of hydrogen-bond donors (Lipinski definition) is 1. The molecule has 162 valence electrons. The van der Waals surface area contributed by atoms with Crippen LogP contribution in [0.1, 0.15) is 36.2 Å². The molecule has 0 saturated carbocycles. The second-order valence-corrected chi connectivity index (χ2v) is 8.66. The number of hydrogen-bond acceptors (Lipinski definition) is 6. The molecule has 0 unspecified atom stereocenters. The maximum Gasteiger partial charge on any atom is 0.224 e. The minimum absolute atomic E-state index is 0.000407. The number of benzene rings is 1. The largest absolute Gasteiger partial charge is 0.355 e. The average Bonchev–Trinajstić information content (AvgIpc) is 3.41. The molecule has 1 N–H and O–H groups in total. The summed E-state index contributed by atoms with van der Waals surface area (Å²) in [6.45, 7) is 6.08. The highest BCUT2D eigenvalue weighted by Crippen LogP contribution is 2.22. The SMILES string of the molecule is CSc1cccc(NC(=O)CCc2c(C)nn(-c3ccc(N4CCCC4)nn3)c2C)c1. The Morgan fingerprint density at radius 1 is 1.10 bits per heavy atom. The van der Waals surface area contributed by atoms with Gasteiger partial charge in [-0.1, -0.05) is 6.07 Å². The van der Waals surface area contributed by atoms with Crippen LogP contribution in [0, 0.1) is 13.8 Å². The van der Waals surface area contributed by atoms with Crippen LogP contribution in [-0.2, 0) is 11.2 Å². The van der Waals surface area contributed by atoms with Crippen LogP contribution < -0.4 is 10.2 Å². The Morgan fingerprint density at radius 3 is 2.55 bits per heavy atom. The van der Waals surface area contributed by atoms with E-state index in [1.807, 2.05) is 61.2 Å². The maximum atomic E-state index is 12.5. The van der Waals surface area contributed by atoms with Crippen molar-refractivity contribution in [3.63, 3.8) is 0 Å². The summed E-state index contributed by atoms with van der Waals surface area (Å²) >= 11 is 1.66. The third kappa shape index (κ3) is 4.90. The highest BCUT2D eigenvalue weighted by Gasteiger charge is 2.17. The number of amides is 1. The molecule has 4 rings (SSSR count). The quantitative estimate of drug-likeness (QED) is 0.560. The molecule has 1 amide bonds. The van der Waals surface area contributed by atoms with Crippen molar-refractivity contribution in [1.29, 1.82) is 0 Å². The fourth-order valence-corrected chi connectivity index (χ4v) is 4.43. The number of rotatable bonds is 7. The topological polar surface area (TPSA) is 75.9 Å². The molecule has 0 spiro atoms. The van der Waals surface area contributed by atoms with Gasteiger partial charge in [0.25, 0.3) is 0 Å². The van der Waals surface area contributed by atoms with Crippen LogP contribution in [0.15, 0.2) is 41.3 Å². The minimum atomic E-state index is -0.000407. The summed E-state index contributed by atoms with van der Waals surface area (Å²) in [5.41, 5.74) is 3.82. The van der Waals surface area contributed by atoms with E-state index in [1.165, 1.54) is 12.8 Å². The standard InChI is InChI=1S/C23H28N6OS/c1-16-20(9-12-23(30)24-18-7-6-8-19(15-18)31-3)17(2)29(27-16)22-11-10-21(25-26-22)28-13-4-5-14-28/h6-8,10-11,15H,4-5,9,12-14H2,1-3H3,(H,24,30). The van der Waals surface area contributed by atoms with E-state index in [0.29, 0.717) is 18.7 Å². The van der Waals surface area contributed by atoms with Gasteiger partial charge in [-0.3, -0.25) is 4.79 Å². The van der Waals surface area contributed by atoms with Gasteiger partial charge >= 0.3 is 0 Å². The van der Waals surface area contributed by atoms with Crippen LogP contribution in [0.4, 0.5) is 11.5 Å². The van der Waals surface area contributed by atoms with E-state index in [0.717, 1.165) is 46.4 Å². The van der Waals surface area contributed by atoms with E-state index in [2.05, 4.69) is 25.5 Å². The predicted molar refractivity (Wildman–Crippen MR) is 125 cm³/mol. The summed E-state index contributed by atoms with van der Waals surface area (Å²) in [6, 6.07) is 11.9. The number of aromatic nitrogens is 4. The third-order valence-electron chi connectivity index (χ3n) is 5.68. The van der Waals surface area contributed by atoms with Gasteiger partial charge in [-0.25, -0.2) is 4.68 Å². The normalized spacial score (nSPS) is 13.6. The van der Waals surface area contributed by atoms with E-state index in [9.17, 15) is 4.79 Å². The summed E-state index contributed by atoms with van der Waals surface area (Å²) in [5.74, 6) is 1.62. The molecule has 3 heterocycles. The van der Waals surface area contributed by atoms with Gasteiger partial charge in [0.1, 0.15) is 0 Å². The van der Waals surface area contributed by atoms with E-state index in [1.54, 1.807) is 11.8 Å². The minimum Gasteiger partial charge on any atom is -0.355 e. The lowest BCUT2D eigenvalue weighted by Crippen LogP contribution is -2.19. The lowest BCUT2D eigenvalue weighted by molar-refractivity contribution is -0.116. The fraction of sp³-hybridized carbons (Fsp3) is 0.391. The Labute approximate surface area is 187 Å². The molecule has 0 bridgehead atoms. The zero-order chi connectivity index (χ0) is 21.8. The molecular formula is C23H28N6OS. The Balaban J connectivity index is 1.42. The molecular weight excluding hydrogens is 408 g/mol. The summed E-state index contributed by atoms with van der Waals surface area (Å²) < 4.78 is 1.82. The molecule has 1 aliphatic heterocycles. The Kier molecular flexibility index (Phi) is 6.56. The van der Waals surface area contributed by atoms with Crippen LogP contribution in [-0.4, -0.2) is 45.2 Å². The molecule has 1 saturated heterocycles. The predicted octanol–water partition coefficient (Wildman–Crippen LogP) is 4.17. The second-order valence-electron chi connectivity index (χ2n) is 7.79. The molecule has 0 aliphatic carbocycles. The van der Waals surface area contributed by atoms with Gasteiger partial charge in [0.2, 0.25) is 5.91 Å². The lowest BCUT2D eigenvalue weighted by Gasteiger charge is -2.15. The van der Waals surface area contributed by atoms with Gasteiger partial charge in [-0.2, -0.15) is 5.10 Å². The summed E-state index contributed by atoms with van der Waals surface area (Å²) in [7, 11) is 0. The van der Waals surface area contributed by atoms with Gasteiger partial charge < -0.3 is 10.2 Å². The van der Waals surface area contributed by atoms with Gasteiger partial charge in [-0.05, 0) is 75.3 Å². The second kappa shape index (κ2) is 9.51. The highest BCUT2D eigenvalue weighted by atomic mass is 32.2. The van der Waals surface area contributed by atoms with E-state index in [-0.39, 0.29) is 5.91 Å². The average molecular weight is 437 g/mol. The van der Waals surface area contributed by atoms with Gasteiger partial charge in [0, 0.05) is 35.8 Å². The Hall–Kier alpha value is -2.87. The first-order valence-electron chi connectivity index (χ1n) is 10.6. The molecule has 1 aromatic carbocycles. The number of carbonyl (C=O) groups excluding carboxylic acids is 1. The van der Waals surface area contributed by atoms with Gasteiger partial charge in [-0.15, -0.1) is 22.0 Å². The summed E-state index contributed by atoms with van der Waals surface area (Å²) in [4.78, 5) is 15.9. The molecule has 8 heteroatoms. The molecule has 7 nitrogen and oxygen atoms in total. The molecule has 1 aliphatic rings. The van der Waals surface area contributed by atoms with Gasteiger partial charge in [0.15, 0.2) is 11.6 Å². The van der Waals surface area contributed by atoms with Crippen molar-refractivity contribution in [3.05, 3.63) is 53.3 Å². The van der Waals surface area contributed by atoms with Crippen LogP contribution in [0.25, 0.3) is 5.82 Å². The third-order valence-corrected chi connectivity index (χ3v) is 6.41. The first kappa shape index (κ1) is 21.4. The molecule has 1 fully saturated rings. The number of thioether (sulfide) groups is 1. The molecule has 0 radical (unpaired) electrons. The van der Waals surface area contributed by atoms with Gasteiger partial charge in [0.05, 0.1) is 5.69 Å². The van der Waals surface area contributed by atoms with E-state index in [4.69, 9.17) is 0 Å². The number of anilines is 2. The van der Waals surface area contributed by atoms with Crippen LogP contribution >= 0.6 is 11.8 Å². The van der Waals surface area contributed by atoms with Crippen LogP contribution in [0.5, 0.6) is 0 Å². The highest BCUT2D eigenvalue weighted by molar-refractivity contribution is 7.98. The van der Waals surface area contributed by atoms with Crippen LogP contribution in [0.2, 0.25) is 0 Å². The zero-order valence-corrected chi connectivity index (χ0v) is 19.1. The lowest BCUT2D eigenvalue weighted by atomic mass is 10.1. The van der Waals surface area contributed by atoms with E-state index >= 15 is 0 Å². The Bertz CT molecular complexity index is 1060. The van der Waals surface area contributed by atoms with Crippen molar-refractivity contribution < 1.29 is 4.79 Å². The van der Waals surface area contributed by atoms with Crippen molar-refractivity contribution >= 4 is 29.2 Å². The van der Waals surface area contributed by atoms with Crippen molar-refractivity contribution in [3.8, 4) is 5.82 Å². The summed E-state index contributed by atoms with van der Waals surface area (Å²) in [6.07, 6.45) is 5.47. The van der Waals surface area contributed by atoms with E-state index < -0.39 is 0 Å². The first-order valence-corrected chi connectivity index (χ1v) is 11.9. The number of carbonyl (C=O) groups is 1. The monoisotopic (exact) mass is 436 g/mol. The first-order chi connectivity index (χ1) is 15.0. The van der Waals surface area contributed by atoms with Crippen molar-refractivity contribution in [2.24, 2.45) is 0 Å². The molecule has 0 atom stereocenters.